The number of hydrogen-bond donors (Lipinski definition) is 0. The van der Waals surface area contributed by atoms with Crippen LogP contribution < -0.4 is 4.57 Å². The molecule has 0 bridgehead atoms. The summed E-state index contributed by atoms with van der Waals surface area (Å²) in [5.41, 5.74) is 5.60. The molecule has 0 aliphatic heterocycles. The first-order chi connectivity index (χ1) is 13.9. The van der Waals surface area contributed by atoms with Gasteiger partial charge in [-0.2, -0.15) is 9.37 Å². The number of rotatable bonds is 2. The quantitative estimate of drug-likeness (QED) is 0.268. The molecule has 4 heteroatoms. The van der Waals surface area contributed by atoms with E-state index in [0.717, 1.165) is 38.6 Å². The van der Waals surface area contributed by atoms with Crippen molar-refractivity contribution in [2.75, 3.05) is 0 Å². The van der Waals surface area contributed by atoms with E-state index in [-0.39, 0.29) is 0 Å². The lowest BCUT2D eigenvalue weighted by atomic mass is 9.94. The van der Waals surface area contributed by atoms with E-state index in [2.05, 4.69) is 66.9 Å². The van der Waals surface area contributed by atoms with Gasteiger partial charge >= 0.3 is 0 Å². The Labute approximate surface area is 168 Å². The molecule has 0 spiro atoms. The highest BCUT2D eigenvalue weighted by Crippen LogP contribution is 2.38. The summed E-state index contributed by atoms with van der Waals surface area (Å²) in [5, 5.41) is 4.13. The van der Waals surface area contributed by atoms with Crippen molar-refractivity contribution < 1.29 is 13.4 Å². The molecule has 3 nitrogen and oxygen atoms in total. The average molecular weight is 385 g/mol. The lowest BCUT2D eigenvalue weighted by Gasteiger charge is -2.11. The molecular weight excluding hydrogens is 363 g/mol. The molecule has 5 rings (SSSR count). The van der Waals surface area contributed by atoms with Gasteiger partial charge in [-0.15, -0.1) is 0 Å². The molecule has 0 unspecified atom stereocenters. The minimum absolute atomic E-state index is 0.330. The predicted molar refractivity (Wildman–Crippen MR) is 114 cm³/mol. The third kappa shape index (κ3) is 2.70. The molecule has 144 valence electrons. The summed E-state index contributed by atoms with van der Waals surface area (Å²) in [5.74, 6) is -0.0647. The lowest BCUT2D eigenvalue weighted by molar-refractivity contribution is -0.659. The average Bonchev–Trinajstić information content (AvgIpc) is 3.05. The van der Waals surface area contributed by atoms with Gasteiger partial charge in [0, 0.05) is 16.8 Å². The number of fused-ring (bicyclic) bond motifs is 4. The van der Waals surface area contributed by atoms with Crippen LogP contribution in [0, 0.1) is 12.9 Å². The second-order valence-corrected chi connectivity index (χ2v) is 8.00. The number of furan rings is 1. The fourth-order valence-corrected chi connectivity index (χ4v) is 4.15. The largest absolute Gasteiger partial charge is 0.437 e. The summed E-state index contributed by atoms with van der Waals surface area (Å²) in [4.78, 5) is 3.95. The van der Waals surface area contributed by atoms with Crippen LogP contribution in [0.5, 0.6) is 0 Å². The number of aromatic nitrogens is 2. The first-order valence-electron chi connectivity index (χ1n) is 9.85. The van der Waals surface area contributed by atoms with Crippen molar-refractivity contribution in [3.8, 4) is 11.3 Å². The zero-order valence-corrected chi connectivity index (χ0v) is 17.0. The summed E-state index contributed by atoms with van der Waals surface area (Å²) in [7, 11) is 2.05. The van der Waals surface area contributed by atoms with Crippen molar-refractivity contribution in [2.24, 2.45) is 7.05 Å². The Balaban J connectivity index is 1.90. The van der Waals surface area contributed by atoms with Gasteiger partial charge in [0.25, 0.3) is 0 Å². The number of pyridine rings is 2. The lowest BCUT2D eigenvalue weighted by Crippen LogP contribution is -2.30. The van der Waals surface area contributed by atoms with Gasteiger partial charge < -0.3 is 4.42 Å². The molecule has 0 radical (unpaired) electrons. The molecule has 0 saturated carbocycles. The van der Waals surface area contributed by atoms with Crippen LogP contribution in [0.4, 0.5) is 4.39 Å². The standard InChI is InChI=1S/C25H22FN2O/c1-14(2)16-6-8-18-17(13-16)11-12-28(4)23(18)22-15(3)5-7-19-20-9-10-21(26)27-25(20)29-24(19)22/h5-14H,1-4H3/q+1. The Kier molecular flexibility index (Phi) is 3.91. The van der Waals surface area contributed by atoms with Crippen LogP contribution in [0.25, 0.3) is 44.1 Å². The van der Waals surface area contributed by atoms with E-state index in [1.807, 2.05) is 13.1 Å². The third-order valence-corrected chi connectivity index (χ3v) is 5.75. The van der Waals surface area contributed by atoms with Gasteiger partial charge in [0.2, 0.25) is 17.4 Å². The molecule has 0 atom stereocenters. The first-order valence-corrected chi connectivity index (χ1v) is 9.85. The van der Waals surface area contributed by atoms with Crippen LogP contribution in [-0.2, 0) is 7.05 Å². The van der Waals surface area contributed by atoms with Gasteiger partial charge in [-0.1, -0.05) is 38.1 Å². The minimum Gasteiger partial charge on any atom is -0.437 e. The number of hydrogen-bond acceptors (Lipinski definition) is 2. The zero-order valence-electron chi connectivity index (χ0n) is 17.0. The number of halogens is 1. The van der Waals surface area contributed by atoms with Crippen molar-refractivity contribution in [1.82, 2.24) is 4.98 Å². The van der Waals surface area contributed by atoms with Gasteiger partial charge in [-0.05, 0) is 47.6 Å². The molecule has 0 aliphatic carbocycles. The van der Waals surface area contributed by atoms with Crippen LogP contribution in [0.3, 0.4) is 0 Å². The molecule has 0 N–H and O–H groups in total. The molecule has 3 aromatic heterocycles. The van der Waals surface area contributed by atoms with Crippen molar-refractivity contribution >= 4 is 32.8 Å². The SMILES string of the molecule is Cc1ccc2c(oc3nc(F)ccc32)c1-c1c2ccc(C(C)C)cc2cc[n+]1C. The number of benzene rings is 2. The summed E-state index contributed by atoms with van der Waals surface area (Å²) in [6, 6.07) is 16.0. The highest BCUT2D eigenvalue weighted by atomic mass is 19.1. The molecule has 0 fully saturated rings. The van der Waals surface area contributed by atoms with Crippen molar-refractivity contribution in [3.63, 3.8) is 0 Å². The topological polar surface area (TPSA) is 29.9 Å². The van der Waals surface area contributed by atoms with Crippen LogP contribution >= 0.6 is 0 Å². The van der Waals surface area contributed by atoms with Gasteiger partial charge in [0.05, 0.1) is 10.9 Å². The Hall–Kier alpha value is -3.27. The normalized spacial score (nSPS) is 11.9. The van der Waals surface area contributed by atoms with Crippen molar-refractivity contribution in [2.45, 2.75) is 26.7 Å². The van der Waals surface area contributed by atoms with E-state index < -0.39 is 5.95 Å². The molecule has 3 heterocycles. The Morgan fingerprint density at radius 1 is 0.966 bits per heavy atom. The van der Waals surface area contributed by atoms with Crippen molar-refractivity contribution in [1.29, 1.82) is 0 Å². The Morgan fingerprint density at radius 3 is 2.52 bits per heavy atom. The van der Waals surface area contributed by atoms with E-state index in [9.17, 15) is 4.39 Å². The number of aryl methyl sites for hydroxylation is 2. The Bertz CT molecular complexity index is 1420. The summed E-state index contributed by atoms with van der Waals surface area (Å²) >= 11 is 0. The van der Waals surface area contributed by atoms with Crippen LogP contribution in [0.2, 0.25) is 0 Å². The summed E-state index contributed by atoms with van der Waals surface area (Å²) < 4.78 is 21.9. The molecular formula is C25H22FN2O+. The van der Waals surface area contributed by atoms with E-state index in [4.69, 9.17) is 4.42 Å². The zero-order chi connectivity index (χ0) is 20.3. The molecule has 0 saturated heterocycles. The maximum absolute atomic E-state index is 13.7. The molecule has 0 amide bonds. The fourth-order valence-electron chi connectivity index (χ4n) is 4.15. The van der Waals surface area contributed by atoms with E-state index in [1.54, 1.807) is 6.07 Å². The smallest absolute Gasteiger partial charge is 0.229 e. The maximum Gasteiger partial charge on any atom is 0.229 e. The monoisotopic (exact) mass is 385 g/mol. The van der Waals surface area contributed by atoms with Gasteiger partial charge in [-0.3, -0.25) is 0 Å². The second kappa shape index (κ2) is 6.38. The van der Waals surface area contributed by atoms with Crippen LogP contribution in [0.15, 0.2) is 59.1 Å². The minimum atomic E-state index is -0.535. The van der Waals surface area contributed by atoms with E-state index in [1.165, 1.54) is 17.0 Å². The second-order valence-electron chi connectivity index (χ2n) is 8.00. The van der Waals surface area contributed by atoms with E-state index >= 15 is 0 Å². The third-order valence-electron chi connectivity index (χ3n) is 5.75. The molecule has 29 heavy (non-hydrogen) atoms. The highest BCUT2D eigenvalue weighted by molar-refractivity contribution is 6.11. The van der Waals surface area contributed by atoms with Crippen LogP contribution in [0.1, 0.15) is 30.9 Å². The summed E-state index contributed by atoms with van der Waals surface area (Å²) in [6.45, 7) is 6.49. The predicted octanol–water partition coefficient (Wildman–Crippen LogP) is 6.20. The molecule has 2 aromatic carbocycles. The fraction of sp³-hybridized carbons (Fsp3) is 0.200. The molecule has 0 aliphatic rings. The molecule has 5 aromatic rings. The number of nitrogens with zero attached hydrogens (tertiary/aromatic N) is 2. The highest BCUT2D eigenvalue weighted by Gasteiger charge is 2.24. The Morgan fingerprint density at radius 2 is 1.72 bits per heavy atom. The van der Waals surface area contributed by atoms with Gasteiger partial charge in [0.15, 0.2) is 11.8 Å². The maximum atomic E-state index is 13.7. The van der Waals surface area contributed by atoms with Crippen molar-refractivity contribution in [3.05, 3.63) is 71.8 Å². The van der Waals surface area contributed by atoms with Gasteiger partial charge in [-0.25, -0.2) is 4.57 Å². The van der Waals surface area contributed by atoms with E-state index in [0.29, 0.717) is 11.6 Å². The van der Waals surface area contributed by atoms with Gasteiger partial charge in [0.1, 0.15) is 7.05 Å². The summed E-state index contributed by atoms with van der Waals surface area (Å²) in [6.07, 6.45) is 2.08. The first kappa shape index (κ1) is 17.8. The van der Waals surface area contributed by atoms with Crippen LogP contribution in [-0.4, -0.2) is 4.98 Å².